The van der Waals surface area contributed by atoms with Gasteiger partial charge in [0, 0.05) is 5.92 Å². The van der Waals surface area contributed by atoms with E-state index in [4.69, 9.17) is 20.3 Å². The molecule has 1 heterocycles. The zero-order chi connectivity index (χ0) is 32.3. The Hall–Kier alpha value is -4.49. The van der Waals surface area contributed by atoms with E-state index in [1.54, 1.807) is 44.2 Å². The highest BCUT2D eigenvalue weighted by Gasteiger charge is 2.30. The maximum atomic E-state index is 14.1. The number of carboxylic acid groups (broad SMARTS) is 1. The van der Waals surface area contributed by atoms with E-state index in [9.17, 15) is 28.7 Å². The number of halogens is 1. The van der Waals surface area contributed by atoms with Crippen LogP contribution in [0, 0.1) is 11.7 Å². The van der Waals surface area contributed by atoms with Gasteiger partial charge in [0.15, 0.2) is 0 Å². The normalized spacial score (nSPS) is 13.5. The van der Waals surface area contributed by atoms with E-state index >= 15 is 0 Å². The lowest BCUT2D eigenvalue weighted by Crippen LogP contribution is -2.48. The monoisotopic (exact) mass is 612 g/mol. The van der Waals surface area contributed by atoms with Gasteiger partial charge in [-0.05, 0) is 69.4 Å². The van der Waals surface area contributed by atoms with Crippen molar-refractivity contribution >= 4 is 34.8 Å². The molecule has 2 amide bonds. The maximum Gasteiger partial charge on any atom is 0.308 e. The highest BCUT2D eigenvalue weighted by molar-refractivity contribution is 5.94. The maximum absolute atomic E-state index is 14.1. The van der Waals surface area contributed by atoms with Crippen LogP contribution in [0.2, 0.25) is 0 Å². The number of hydrogen-bond donors (Lipinski definition) is 4. The summed E-state index contributed by atoms with van der Waals surface area (Å²) < 4.78 is 25.5. The molecular formula is C31H37FN4O8. The van der Waals surface area contributed by atoms with Gasteiger partial charge < -0.3 is 30.7 Å². The van der Waals surface area contributed by atoms with Gasteiger partial charge in [-0.3, -0.25) is 24.2 Å². The van der Waals surface area contributed by atoms with E-state index in [1.807, 2.05) is 0 Å². The van der Waals surface area contributed by atoms with Crippen molar-refractivity contribution in [2.24, 2.45) is 11.7 Å². The molecule has 5 N–H and O–H groups in total. The third-order valence-corrected chi connectivity index (χ3v) is 6.72. The van der Waals surface area contributed by atoms with Crippen LogP contribution in [0.4, 0.5) is 4.39 Å². The average Bonchev–Trinajstić information content (AvgIpc) is 2.95. The SMILES string of the molecule is CC(C)(O)CC[C@H](CCO[C@@H](OC(=O)CCC(=O)O)[C@H](Cc1cccc(F)c1)NC(=O)c1cnc2ccccc2n1)C(N)=O. The molecular weight excluding hydrogens is 575 g/mol. The largest absolute Gasteiger partial charge is 0.481 e. The Morgan fingerprint density at radius 2 is 1.77 bits per heavy atom. The number of rotatable bonds is 17. The van der Waals surface area contributed by atoms with Crippen molar-refractivity contribution in [1.82, 2.24) is 15.3 Å². The molecule has 0 unspecified atom stereocenters. The number of amides is 2. The molecule has 3 aromatic rings. The number of fused-ring (bicyclic) bond motifs is 1. The molecule has 0 radical (unpaired) electrons. The number of carboxylic acids is 1. The van der Waals surface area contributed by atoms with Crippen molar-refractivity contribution in [2.75, 3.05) is 6.61 Å². The molecule has 12 nitrogen and oxygen atoms in total. The summed E-state index contributed by atoms with van der Waals surface area (Å²) in [6, 6.07) is 11.4. The quantitative estimate of drug-likeness (QED) is 0.130. The third-order valence-electron chi connectivity index (χ3n) is 6.72. The summed E-state index contributed by atoms with van der Waals surface area (Å²) in [7, 11) is 0. The standard InChI is InChI=1S/C31H37FN4O8/c1-31(2,42)14-12-20(28(33)40)13-15-43-30(44-27(39)11-10-26(37)38)24(17-19-6-5-7-21(32)16-19)36-29(41)25-18-34-22-8-3-4-9-23(22)35-25/h3-9,16,18,20,24,30,42H,10-15,17H2,1-2H3,(H2,33,40)(H,36,41)(H,37,38)/t20-,24+,30+/m1/s1. The molecule has 236 valence electrons. The zero-order valence-electron chi connectivity index (χ0n) is 24.6. The minimum Gasteiger partial charge on any atom is -0.481 e. The topological polar surface area (TPSA) is 191 Å². The fraction of sp³-hybridized carbons (Fsp3) is 0.419. The van der Waals surface area contributed by atoms with Gasteiger partial charge in [-0.25, -0.2) is 9.37 Å². The molecule has 0 spiro atoms. The summed E-state index contributed by atoms with van der Waals surface area (Å²) in [6.07, 6.45) is -0.549. The van der Waals surface area contributed by atoms with Gasteiger partial charge in [-0.2, -0.15) is 0 Å². The first kappa shape index (κ1) is 34.0. The van der Waals surface area contributed by atoms with Crippen LogP contribution in [-0.4, -0.2) is 68.5 Å². The molecule has 0 aliphatic rings. The highest BCUT2D eigenvalue weighted by atomic mass is 19.1. The smallest absolute Gasteiger partial charge is 0.308 e. The first-order valence-corrected chi connectivity index (χ1v) is 14.1. The van der Waals surface area contributed by atoms with E-state index < -0.39 is 66.3 Å². The van der Waals surface area contributed by atoms with Crippen LogP contribution < -0.4 is 11.1 Å². The Morgan fingerprint density at radius 1 is 1.05 bits per heavy atom. The van der Waals surface area contributed by atoms with Gasteiger partial charge in [-0.15, -0.1) is 0 Å². The van der Waals surface area contributed by atoms with E-state index in [0.29, 0.717) is 23.0 Å². The van der Waals surface area contributed by atoms with Crippen LogP contribution in [0.1, 0.15) is 62.0 Å². The number of carbonyl (C=O) groups is 4. The summed E-state index contributed by atoms with van der Waals surface area (Å²) in [5.74, 6) is -4.61. The summed E-state index contributed by atoms with van der Waals surface area (Å²) in [5.41, 5.74) is 5.97. The van der Waals surface area contributed by atoms with E-state index in [0.717, 1.165) is 0 Å². The van der Waals surface area contributed by atoms with Crippen molar-refractivity contribution in [2.45, 2.75) is 70.3 Å². The molecule has 0 saturated carbocycles. The Morgan fingerprint density at radius 3 is 2.43 bits per heavy atom. The van der Waals surface area contributed by atoms with Gasteiger partial charge in [0.1, 0.15) is 11.5 Å². The first-order valence-electron chi connectivity index (χ1n) is 14.1. The molecule has 0 aliphatic carbocycles. The van der Waals surface area contributed by atoms with Crippen molar-refractivity contribution in [3.63, 3.8) is 0 Å². The van der Waals surface area contributed by atoms with Crippen molar-refractivity contribution in [3.05, 3.63) is 71.8 Å². The number of hydrogen-bond acceptors (Lipinski definition) is 9. The van der Waals surface area contributed by atoms with Crippen LogP contribution in [0.15, 0.2) is 54.7 Å². The highest BCUT2D eigenvalue weighted by Crippen LogP contribution is 2.20. The lowest BCUT2D eigenvalue weighted by Gasteiger charge is -2.29. The number of aliphatic carboxylic acids is 1. The fourth-order valence-electron chi connectivity index (χ4n) is 4.35. The van der Waals surface area contributed by atoms with E-state index in [-0.39, 0.29) is 31.6 Å². The van der Waals surface area contributed by atoms with Crippen molar-refractivity contribution in [3.8, 4) is 0 Å². The fourth-order valence-corrected chi connectivity index (χ4v) is 4.35. The van der Waals surface area contributed by atoms with Gasteiger partial charge in [0.25, 0.3) is 5.91 Å². The minimum atomic E-state index is -1.47. The van der Waals surface area contributed by atoms with Crippen LogP contribution in [0.3, 0.4) is 0 Å². The van der Waals surface area contributed by atoms with Gasteiger partial charge >= 0.3 is 11.9 Å². The van der Waals surface area contributed by atoms with Crippen LogP contribution in [-0.2, 0) is 30.3 Å². The molecule has 3 atom stereocenters. The predicted octanol–water partition coefficient (Wildman–Crippen LogP) is 2.90. The summed E-state index contributed by atoms with van der Waals surface area (Å²) in [4.78, 5) is 57.7. The number of aromatic nitrogens is 2. The number of esters is 1. The van der Waals surface area contributed by atoms with Crippen molar-refractivity contribution < 1.29 is 43.3 Å². The predicted molar refractivity (Wildman–Crippen MR) is 156 cm³/mol. The molecule has 0 aliphatic heterocycles. The Kier molecular flexibility index (Phi) is 12.2. The molecule has 0 fully saturated rings. The van der Waals surface area contributed by atoms with Gasteiger partial charge in [-0.1, -0.05) is 24.3 Å². The van der Waals surface area contributed by atoms with Gasteiger partial charge in [0.05, 0.1) is 48.3 Å². The molecule has 13 heteroatoms. The van der Waals surface area contributed by atoms with E-state index in [2.05, 4.69) is 15.3 Å². The van der Waals surface area contributed by atoms with Crippen LogP contribution >= 0.6 is 0 Å². The average molecular weight is 613 g/mol. The summed E-state index contributed by atoms with van der Waals surface area (Å²) in [5, 5.41) is 21.8. The summed E-state index contributed by atoms with van der Waals surface area (Å²) >= 11 is 0. The molecule has 1 aromatic heterocycles. The number of aliphatic hydroxyl groups is 1. The third kappa shape index (κ3) is 11.3. The number of primary amides is 1. The molecule has 0 bridgehead atoms. The molecule has 44 heavy (non-hydrogen) atoms. The molecule has 0 saturated heterocycles. The number of ether oxygens (including phenoxy) is 2. The number of benzene rings is 2. The second-order valence-corrected chi connectivity index (χ2v) is 11.0. The number of carbonyl (C=O) groups excluding carboxylic acids is 3. The van der Waals surface area contributed by atoms with Crippen LogP contribution in [0.25, 0.3) is 11.0 Å². The molecule has 2 aromatic carbocycles. The lowest BCUT2D eigenvalue weighted by molar-refractivity contribution is -0.186. The second-order valence-electron chi connectivity index (χ2n) is 11.0. The van der Waals surface area contributed by atoms with Gasteiger partial charge in [0.2, 0.25) is 12.2 Å². The number of nitrogens with zero attached hydrogens (tertiary/aromatic N) is 2. The first-order chi connectivity index (χ1) is 20.8. The molecule has 3 rings (SSSR count). The summed E-state index contributed by atoms with van der Waals surface area (Å²) in [6.45, 7) is 3.06. The zero-order valence-corrected chi connectivity index (χ0v) is 24.6. The Balaban J connectivity index is 1.87. The Bertz CT molecular complexity index is 1460. The number of nitrogens with one attached hydrogen (secondary N) is 1. The minimum absolute atomic E-state index is 0.0377. The van der Waals surface area contributed by atoms with Crippen molar-refractivity contribution in [1.29, 1.82) is 0 Å². The number of nitrogens with two attached hydrogens (primary N) is 1. The lowest BCUT2D eigenvalue weighted by atomic mass is 9.92. The second kappa shape index (κ2) is 15.8. The Labute approximate surface area is 253 Å². The van der Waals surface area contributed by atoms with E-state index in [1.165, 1.54) is 24.4 Å². The van der Waals surface area contributed by atoms with Crippen LogP contribution in [0.5, 0.6) is 0 Å². The number of para-hydroxylation sites is 2.